The zero-order chi connectivity index (χ0) is 16.1. The summed E-state index contributed by atoms with van der Waals surface area (Å²) in [7, 11) is 0. The Labute approximate surface area is 148 Å². The Morgan fingerprint density at radius 1 is 0.875 bits per heavy atom. The number of ether oxygens (including phenoxy) is 1. The second-order valence-corrected chi connectivity index (χ2v) is 5.66. The zero-order valence-electron chi connectivity index (χ0n) is 13.6. The summed E-state index contributed by atoms with van der Waals surface area (Å²) in [6, 6.07) is 18.9. The summed E-state index contributed by atoms with van der Waals surface area (Å²) in [6.45, 7) is 4.03. The Balaban J connectivity index is 0.00000208. The summed E-state index contributed by atoms with van der Waals surface area (Å²) in [5.41, 5.74) is 4.66. The quantitative estimate of drug-likeness (QED) is 0.604. The van der Waals surface area contributed by atoms with Crippen LogP contribution in [0.5, 0.6) is 0 Å². The van der Waals surface area contributed by atoms with Gasteiger partial charge in [-0.1, -0.05) is 42.5 Å². The topological polar surface area (TPSA) is 14.2 Å². The molecule has 0 N–H and O–H groups in total. The maximum atomic E-state index is 12.9. The van der Waals surface area contributed by atoms with Crippen molar-refractivity contribution in [1.82, 2.24) is 4.57 Å². The molecule has 0 saturated heterocycles. The molecule has 3 rings (SSSR count). The number of hydrogen-bond acceptors (Lipinski definition) is 1. The first-order chi connectivity index (χ1) is 11.2. The van der Waals surface area contributed by atoms with Gasteiger partial charge in [-0.2, -0.15) is 0 Å². The Kier molecular flexibility index (Phi) is 6.59. The van der Waals surface area contributed by atoms with Crippen LogP contribution in [0.2, 0.25) is 0 Å². The van der Waals surface area contributed by atoms with Gasteiger partial charge in [0.1, 0.15) is 5.82 Å². The normalized spacial score (nSPS) is 10.4. The van der Waals surface area contributed by atoms with Crippen molar-refractivity contribution in [3.8, 4) is 0 Å². The van der Waals surface area contributed by atoms with E-state index in [0.29, 0.717) is 13.2 Å². The fourth-order valence-electron chi connectivity index (χ4n) is 2.56. The van der Waals surface area contributed by atoms with Crippen LogP contribution in [0.3, 0.4) is 0 Å². The van der Waals surface area contributed by atoms with Crippen molar-refractivity contribution in [2.75, 3.05) is 0 Å². The summed E-state index contributed by atoms with van der Waals surface area (Å²) in [5, 5.41) is 0. The van der Waals surface area contributed by atoms with Gasteiger partial charge in [-0.15, -0.1) is 12.4 Å². The number of hydrogen-bond donors (Lipinski definition) is 0. The van der Waals surface area contributed by atoms with Gasteiger partial charge in [-0.25, -0.2) is 4.39 Å². The van der Waals surface area contributed by atoms with E-state index in [4.69, 9.17) is 4.74 Å². The molecule has 0 aliphatic carbocycles. The van der Waals surface area contributed by atoms with E-state index in [1.807, 2.05) is 6.07 Å². The predicted octanol–water partition coefficient (Wildman–Crippen LogP) is 5.12. The molecule has 2 aromatic carbocycles. The van der Waals surface area contributed by atoms with Gasteiger partial charge in [0.15, 0.2) is 0 Å². The first kappa shape index (κ1) is 18.2. The van der Waals surface area contributed by atoms with Crippen LogP contribution >= 0.6 is 12.4 Å². The average molecular weight is 346 g/mol. The summed E-state index contributed by atoms with van der Waals surface area (Å²) < 4.78 is 20.8. The number of nitrogens with zero attached hydrogens (tertiary/aromatic N) is 1. The monoisotopic (exact) mass is 345 g/mol. The number of halogens is 2. The molecule has 1 heterocycles. The second-order valence-electron chi connectivity index (χ2n) is 5.66. The molecule has 0 atom stereocenters. The van der Waals surface area contributed by atoms with Gasteiger partial charge < -0.3 is 9.30 Å². The van der Waals surface area contributed by atoms with Crippen LogP contribution in [-0.4, -0.2) is 4.57 Å². The van der Waals surface area contributed by atoms with E-state index in [0.717, 1.165) is 12.1 Å². The zero-order valence-corrected chi connectivity index (χ0v) is 14.4. The number of rotatable bonds is 6. The van der Waals surface area contributed by atoms with Crippen molar-refractivity contribution in [2.45, 2.75) is 26.7 Å². The molecule has 0 radical (unpaired) electrons. The minimum atomic E-state index is -0.220. The molecule has 24 heavy (non-hydrogen) atoms. The van der Waals surface area contributed by atoms with Gasteiger partial charge in [0.25, 0.3) is 0 Å². The SMILES string of the molecule is Cc1c(COCc2ccc(F)cc2)ccn1Cc1ccccc1.Cl. The molecule has 2 nitrogen and oxygen atoms in total. The summed E-state index contributed by atoms with van der Waals surface area (Å²) in [6.07, 6.45) is 2.10. The van der Waals surface area contributed by atoms with Crippen molar-refractivity contribution in [3.63, 3.8) is 0 Å². The van der Waals surface area contributed by atoms with Crippen molar-refractivity contribution in [3.05, 3.63) is 95.1 Å². The molecule has 3 aromatic rings. The minimum absolute atomic E-state index is 0. The molecule has 0 bridgehead atoms. The van der Waals surface area contributed by atoms with Crippen LogP contribution < -0.4 is 0 Å². The van der Waals surface area contributed by atoms with Crippen molar-refractivity contribution in [2.24, 2.45) is 0 Å². The number of aromatic nitrogens is 1. The predicted molar refractivity (Wildman–Crippen MR) is 96.9 cm³/mol. The van der Waals surface area contributed by atoms with E-state index in [1.165, 1.54) is 29.0 Å². The Morgan fingerprint density at radius 3 is 2.29 bits per heavy atom. The third kappa shape index (κ3) is 4.70. The molecule has 0 aliphatic heterocycles. The number of benzene rings is 2. The van der Waals surface area contributed by atoms with Crippen LogP contribution in [-0.2, 0) is 24.5 Å². The standard InChI is InChI=1S/C20H20FNO.ClH/c1-16-19(15-23-14-18-7-9-20(21)10-8-18)11-12-22(16)13-17-5-3-2-4-6-17;/h2-12H,13-15H2,1H3;1H. The van der Waals surface area contributed by atoms with E-state index in [-0.39, 0.29) is 18.2 Å². The maximum Gasteiger partial charge on any atom is 0.123 e. The lowest BCUT2D eigenvalue weighted by atomic mass is 10.2. The van der Waals surface area contributed by atoms with E-state index in [9.17, 15) is 4.39 Å². The van der Waals surface area contributed by atoms with Crippen LogP contribution in [0.1, 0.15) is 22.4 Å². The van der Waals surface area contributed by atoms with Gasteiger partial charge in [-0.3, -0.25) is 0 Å². The maximum absolute atomic E-state index is 12.9. The highest BCUT2D eigenvalue weighted by Gasteiger charge is 2.05. The lowest BCUT2D eigenvalue weighted by Crippen LogP contribution is -2.02. The molecule has 0 saturated carbocycles. The minimum Gasteiger partial charge on any atom is -0.372 e. The fraction of sp³-hybridized carbons (Fsp3) is 0.200. The molecular formula is C20H21ClFNO. The fourth-order valence-corrected chi connectivity index (χ4v) is 2.56. The van der Waals surface area contributed by atoms with Crippen molar-refractivity contribution >= 4 is 12.4 Å². The first-order valence-corrected chi connectivity index (χ1v) is 7.73. The van der Waals surface area contributed by atoms with Crippen LogP contribution in [0.25, 0.3) is 0 Å². The molecule has 126 valence electrons. The van der Waals surface area contributed by atoms with Gasteiger partial charge in [0.05, 0.1) is 13.2 Å². The molecule has 0 aliphatic rings. The lowest BCUT2D eigenvalue weighted by molar-refractivity contribution is 0.106. The molecular weight excluding hydrogens is 325 g/mol. The lowest BCUT2D eigenvalue weighted by Gasteiger charge is -2.08. The van der Waals surface area contributed by atoms with E-state index >= 15 is 0 Å². The average Bonchev–Trinajstić information content (AvgIpc) is 2.91. The molecule has 0 amide bonds. The smallest absolute Gasteiger partial charge is 0.123 e. The van der Waals surface area contributed by atoms with Crippen LogP contribution in [0, 0.1) is 12.7 Å². The third-order valence-corrected chi connectivity index (χ3v) is 3.99. The Morgan fingerprint density at radius 2 is 1.58 bits per heavy atom. The van der Waals surface area contributed by atoms with E-state index < -0.39 is 0 Å². The summed E-state index contributed by atoms with van der Waals surface area (Å²) in [4.78, 5) is 0. The molecule has 4 heteroatoms. The Hall–Kier alpha value is -2.10. The highest BCUT2D eigenvalue weighted by Crippen LogP contribution is 2.15. The summed E-state index contributed by atoms with van der Waals surface area (Å²) >= 11 is 0. The summed E-state index contributed by atoms with van der Waals surface area (Å²) in [5.74, 6) is -0.220. The largest absolute Gasteiger partial charge is 0.372 e. The molecule has 0 unspecified atom stereocenters. The van der Waals surface area contributed by atoms with Crippen LogP contribution in [0.4, 0.5) is 4.39 Å². The van der Waals surface area contributed by atoms with Gasteiger partial charge in [0, 0.05) is 18.4 Å². The van der Waals surface area contributed by atoms with Crippen LogP contribution in [0.15, 0.2) is 66.9 Å². The first-order valence-electron chi connectivity index (χ1n) is 7.73. The molecule has 0 fully saturated rings. The van der Waals surface area contributed by atoms with Crippen molar-refractivity contribution < 1.29 is 9.13 Å². The van der Waals surface area contributed by atoms with Gasteiger partial charge >= 0.3 is 0 Å². The Bertz CT molecular complexity index is 753. The third-order valence-electron chi connectivity index (χ3n) is 3.99. The molecule has 1 aromatic heterocycles. The van der Waals surface area contributed by atoms with Crippen molar-refractivity contribution in [1.29, 1.82) is 0 Å². The van der Waals surface area contributed by atoms with Gasteiger partial charge in [0.2, 0.25) is 0 Å². The highest BCUT2D eigenvalue weighted by atomic mass is 35.5. The van der Waals surface area contributed by atoms with E-state index in [2.05, 4.69) is 48.0 Å². The molecule has 0 spiro atoms. The van der Waals surface area contributed by atoms with E-state index in [1.54, 1.807) is 12.1 Å². The second kappa shape index (κ2) is 8.67. The highest BCUT2D eigenvalue weighted by molar-refractivity contribution is 5.85. The van der Waals surface area contributed by atoms with Gasteiger partial charge in [-0.05, 0) is 41.8 Å².